The Morgan fingerprint density at radius 2 is 1.81 bits per heavy atom. The van der Waals surface area contributed by atoms with Gasteiger partial charge in [0.2, 0.25) is 11.8 Å². The Kier molecular flexibility index (Phi) is 5.63. The van der Waals surface area contributed by atoms with E-state index in [1.807, 2.05) is 42.5 Å². The highest BCUT2D eigenvalue weighted by atomic mass is 16.3. The highest BCUT2D eigenvalue weighted by Gasteiger charge is 2.50. The number of hydrogen-bond acceptors (Lipinski definition) is 4. The van der Waals surface area contributed by atoms with E-state index in [0.717, 1.165) is 11.1 Å². The highest BCUT2D eigenvalue weighted by Crippen LogP contribution is 2.40. The summed E-state index contributed by atoms with van der Waals surface area (Å²) in [5, 5.41) is 12.7. The first-order valence-corrected chi connectivity index (χ1v) is 8.72. The molecule has 2 amide bonds. The van der Waals surface area contributed by atoms with Gasteiger partial charge in [0.05, 0.1) is 25.1 Å². The Balaban J connectivity index is 1.81. The van der Waals surface area contributed by atoms with Gasteiger partial charge in [-0.3, -0.25) is 14.6 Å². The number of pyridine rings is 1. The van der Waals surface area contributed by atoms with Crippen LogP contribution in [0.5, 0.6) is 0 Å². The predicted octanol–water partition coefficient (Wildman–Crippen LogP) is 1.12. The molecule has 3 rings (SSSR count). The van der Waals surface area contributed by atoms with E-state index in [1.165, 1.54) is 6.92 Å². The van der Waals surface area contributed by atoms with Crippen LogP contribution in [0, 0.1) is 0 Å². The number of aromatic nitrogens is 1. The van der Waals surface area contributed by atoms with Gasteiger partial charge in [-0.15, -0.1) is 0 Å². The minimum Gasteiger partial charge on any atom is -0.394 e. The molecule has 6 heteroatoms. The topological polar surface area (TPSA) is 82.5 Å². The molecule has 0 aliphatic carbocycles. The standard InChI is InChI=1S/C20H23N3O3/c1-14(25)22-12-17-20(16-5-3-2-4-6-16)18(13-24)23(17)19(26)11-15-7-9-21-10-8-15/h2-10,17-18,20,24H,11-13H2,1H3,(H,22,25)/t17-,18-,20-/m0/s1. The van der Waals surface area contributed by atoms with Crippen LogP contribution in [0.25, 0.3) is 0 Å². The Hall–Kier alpha value is -2.73. The van der Waals surface area contributed by atoms with E-state index in [-0.39, 0.29) is 42.8 Å². The van der Waals surface area contributed by atoms with Gasteiger partial charge in [-0.05, 0) is 23.3 Å². The first kappa shape index (κ1) is 18.1. The number of carbonyl (C=O) groups excluding carboxylic acids is 2. The second-order valence-corrected chi connectivity index (χ2v) is 6.52. The molecule has 1 saturated heterocycles. The number of hydrogen-bond donors (Lipinski definition) is 2. The summed E-state index contributed by atoms with van der Waals surface area (Å²) in [4.78, 5) is 29.9. The number of nitrogens with one attached hydrogen (secondary N) is 1. The Morgan fingerprint density at radius 3 is 2.42 bits per heavy atom. The van der Waals surface area contributed by atoms with Gasteiger partial charge >= 0.3 is 0 Å². The van der Waals surface area contributed by atoms with E-state index in [2.05, 4.69) is 10.3 Å². The van der Waals surface area contributed by atoms with Crippen molar-refractivity contribution < 1.29 is 14.7 Å². The summed E-state index contributed by atoms with van der Waals surface area (Å²) >= 11 is 0. The maximum absolute atomic E-state index is 12.9. The molecule has 26 heavy (non-hydrogen) atoms. The summed E-state index contributed by atoms with van der Waals surface area (Å²) in [6, 6.07) is 13.0. The monoisotopic (exact) mass is 353 g/mol. The molecular formula is C20H23N3O3. The Morgan fingerprint density at radius 1 is 1.12 bits per heavy atom. The summed E-state index contributed by atoms with van der Waals surface area (Å²) in [5.74, 6) is -0.196. The molecule has 0 spiro atoms. The number of benzene rings is 1. The highest BCUT2D eigenvalue weighted by molar-refractivity contribution is 5.81. The average Bonchev–Trinajstić information content (AvgIpc) is 2.62. The number of aliphatic hydroxyl groups excluding tert-OH is 1. The number of rotatable bonds is 6. The molecule has 1 fully saturated rings. The fraction of sp³-hybridized carbons (Fsp3) is 0.350. The number of carbonyl (C=O) groups is 2. The van der Waals surface area contributed by atoms with Gasteiger partial charge in [0.1, 0.15) is 0 Å². The lowest BCUT2D eigenvalue weighted by atomic mass is 9.74. The molecule has 0 radical (unpaired) electrons. The molecule has 136 valence electrons. The third-order valence-corrected chi connectivity index (χ3v) is 4.87. The van der Waals surface area contributed by atoms with Crippen molar-refractivity contribution >= 4 is 11.8 Å². The third-order valence-electron chi connectivity index (χ3n) is 4.87. The number of aliphatic hydroxyl groups is 1. The molecule has 2 heterocycles. The van der Waals surface area contributed by atoms with E-state index in [0.29, 0.717) is 6.54 Å². The zero-order valence-electron chi connectivity index (χ0n) is 14.7. The predicted molar refractivity (Wildman–Crippen MR) is 97.3 cm³/mol. The molecular weight excluding hydrogens is 330 g/mol. The smallest absolute Gasteiger partial charge is 0.227 e. The van der Waals surface area contributed by atoms with Crippen molar-refractivity contribution in [2.24, 2.45) is 0 Å². The molecule has 2 N–H and O–H groups in total. The lowest BCUT2D eigenvalue weighted by molar-refractivity contribution is -0.150. The summed E-state index contributed by atoms with van der Waals surface area (Å²) in [7, 11) is 0. The van der Waals surface area contributed by atoms with Crippen molar-refractivity contribution in [2.75, 3.05) is 13.2 Å². The maximum Gasteiger partial charge on any atom is 0.227 e. The summed E-state index contributed by atoms with van der Waals surface area (Å²) in [5.41, 5.74) is 1.94. The second kappa shape index (κ2) is 8.10. The van der Waals surface area contributed by atoms with Crippen LogP contribution < -0.4 is 5.32 Å². The zero-order chi connectivity index (χ0) is 18.5. The lowest BCUT2D eigenvalue weighted by Gasteiger charge is -2.55. The van der Waals surface area contributed by atoms with Gasteiger partial charge in [0.15, 0.2) is 0 Å². The van der Waals surface area contributed by atoms with Crippen LogP contribution in [0.3, 0.4) is 0 Å². The lowest BCUT2D eigenvalue weighted by Crippen LogP contribution is -2.68. The van der Waals surface area contributed by atoms with E-state index in [1.54, 1.807) is 17.3 Å². The van der Waals surface area contributed by atoms with E-state index >= 15 is 0 Å². The van der Waals surface area contributed by atoms with Crippen LogP contribution >= 0.6 is 0 Å². The van der Waals surface area contributed by atoms with Crippen LogP contribution in [-0.2, 0) is 16.0 Å². The number of amides is 2. The molecule has 2 aromatic rings. The van der Waals surface area contributed by atoms with Crippen LogP contribution in [0.1, 0.15) is 24.0 Å². The van der Waals surface area contributed by atoms with E-state index < -0.39 is 0 Å². The third kappa shape index (κ3) is 3.75. The van der Waals surface area contributed by atoms with Crippen molar-refractivity contribution in [2.45, 2.75) is 31.3 Å². The SMILES string of the molecule is CC(=O)NC[C@H]1[C@H](c2ccccc2)[C@H](CO)N1C(=O)Cc1ccncc1. The van der Waals surface area contributed by atoms with Crippen LogP contribution in [0.2, 0.25) is 0 Å². The minimum atomic E-state index is -0.287. The molecule has 1 aliphatic heterocycles. The summed E-state index contributed by atoms with van der Waals surface area (Å²) in [6.45, 7) is 1.72. The zero-order valence-corrected chi connectivity index (χ0v) is 14.7. The van der Waals surface area contributed by atoms with Gasteiger partial charge in [0.25, 0.3) is 0 Å². The van der Waals surface area contributed by atoms with E-state index in [9.17, 15) is 14.7 Å². The minimum absolute atomic E-state index is 0.00515. The maximum atomic E-state index is 12.9. The van der Waals surface area contributed by atoms with E-state index in [4.69, 9.17) is 0 Å². The van der Waals surface area contributed by atoms with Gasteiger partial charge in [-0.2, -0.15) is 0 Å². The number of nitrogens with zero attached hydrogens (tertiary/aromatic N) is 2. The van der Waals surface area contributed by atoms with Crippen molar-refractivity contribution in [3.8, 4) is 0 Å². The fourth-order valence-electron chi connectivity index (χ4n) is 3.68. The van der Waals surface area contributed by atoms with Crippen molar-refractivity contribution in [1.82, 2.24) is 15.2 Å². The van der Waals surface area contributed by atoms with Gasteiger partial charge < -0.3 is 15.3 Å². The second-order valence-electron chi connectivity index (χ2n) is 6.52. The molecule has 3 atom stereocenters. The van der Waals surface area contributed by atoms with Gasteiger partial charge in [-0.25, -0.2) is 0 Å². The van der Waals surface area contributed by atoms with Crippen molar-refractivity contribution in [1.29, 1.82) is 0 Å². The normalized spacial score (nSPS) is 21.8. The summed E-state index contributed by atoms with van der Waals surface area (Å²) in [6.07, 6.45) is 3.56. The van der Waals surface area contributed by atoms with Crippen LogP contribution in [-0.4, -0.2) is 52.0 Å². The first-order valence-electron chi connectivity index (χ1n) is 8.72. The Bertz CT molecular complexity index is 751. The van der Waals surface area contributed by atoms with Crippen molar-refractivity contribution in [3.63, 3.8) is 0 Å². The van der Waals surface area contributed by atoms with Gasteiger partial charge in [0, 0.05) is 31.8 Å². The van der Waals surface area contributed by atoms with Crippen LogP contribution in [0.15, 0.2) is 54.9 Å². The quantitative estimate of drug-likeness (QED) is 0.815. The molecule has 0 saturated carbocycles. The summed E-state index contributed by atoms with van der Waals surface area (Å²) < 4.78 is 0. The van der Waals surface area contributed by atoms with Crippen LogP contribution in [0.4, 0.5) is 0 Å². The molecule has 1 aliphatic rings. The first-order chi connectivity index (χ1) is 12.6. The fourth-order valence-corrected chi connectivity index (χ4v) is 3.68. The average molecular weight is 353 g/mol. The largest absolute Gasteiger partial charge is 0.394 e. The molecule has 0 bridgehead atoms. The molecule has 6 nitrogen and oxygen atoms in total. The Labute approximate surface area is 152 Å². The number of likely N-dealkylation sites (tertiary alicyclic amines) is 1. The molecule has 0 unspecified atom stereocenters. The molecule has 1 aromatic heterocycles. The van der Waals surface area contributed by atoms with Crippen molar-refractivity contribution in [3.05, 3.63) is 66.0 Å². The molecule has 1 aromatic carbocycles. The van der Waals surface area contributed by atoms with Gasteiger partial charge in [-0.1, -0.05) is 30.3 Å².